The molecule has 2 saturated carbocycles. The first kappa shape index (κ1) is 47.1. The number of benzene rings is 3. The van der Waals surface area contributed by atoms with Gasteiger partial charge in [0, 0.05) is 92.8 Å². The molecule has 0 bridgehead atoms. The molecule has 6 aliphatic rings. The topological polar surface area (TPSA) is 148 Å². The Kier molecular flexibility index (Phi) is 11.7. The van der Waals surface area contributed by atoms with Crippen molar-refractivity contribution in [3.63, 3.8) is 0 Å². The van der Waals surface area contributed by atoms with Crippen LogP contribution in [0.4, 0.5) is 20.3 Å². The Bertz CT molecular complexity index is 3130. The second-order valence-electron chi connectivity index (χ2n) is 22.6. The molecule has 1 unspecified atom stereocenters. The van der Waals surface area contributed by atoms with Crippen molar-refractivity contribution in [3.8, 4) is 23.0 Å². The van der Waals surface area contributed by atoms with Gasteiger partial charge in [0.25, 0.3) is 0 Å². The van der Waals surface area contributed by atoms with Gasteiger partial charge in [-0.1, -0.05) is 19.6 Å². The predicted octanol–water partition coefficient (Wildman–Crippen LogP) is 8.36. The normalized spacial score (nSPS) is 23.8. The van der Waals surface area contributed by atoms with Crippen molar-refractivity contribution >= 4 is 50.0 Å². The fourth-order valence-corrected chi connectivity index (χ4v) is 13.1. The predicted molar refractivity (Wildman–Crippen MR) is 275 cm³/mol. The van der Waals surface area contributed by atoms with E-state index in [1.54, 1.807) is 25.3 Å². The number of aryl methyl sites for hydroxylation is 2. The first-order valence-corrected chi connectivity index (χ1v) is 26.2. The number of hydrogen-bond donors (Lipinski definition) is 3. The number of phenolic OH excluding ortho intramolecular Hbond substituents is 1. The summed E-state index contributed by atoms with van der Waals surface area (Å²) in [6.07, 6.45) is 11.8. The van der Waals surface area contributed by atoms with Crippen LogP contribution in [0.25, 0.3) is 43.8 Å². The highest BCUT2D eigenvalue weighted by Gasteiger charge is 2.51. The van der Waals surface area contributed by atoms with Gasteiger partial charge >= 0.3 is 6.01 Å². The van der Waals surface area contributed by atoms with E-state index < -0.39 is 17.2 Å². The van der Waals surface area contributed by atoms with Gasteiger partial charge in [-0.15, -0.1) is 0 Å². The molecule has 14 nitrogen and oxygen atoms in total. The second kappa shape index (κ2) is 17.9. The Hall–Kier alpha value is -5.97. The van der Waals surface area contributed by atoms with E-state index in [1.165, 1.54) is 43.5 Å². The van der Waals surface area contributed by atoms with Crippen molar-refractivity contribution in [1.82, 2.24) is 39.8 Å². The minimum Gasteiger partial charge on any atom is -0.508 e. The minimum absolute atomic E-state index is 0.0123. The van der Waals surface area contributed by atoms with Gasteiger partial charge in [0.2, 0.25) is 5.91 Å². The Morgan fingerprint density at radius 1 is 0.931 bits per heavy atom. The number of phenols is 1. The number of carbonyl (C=O) groups is 1. The number of halogens is 2. The Morgan fingerprint density at radius 2 is 1.72 bits per heavy atom. The van der Waals surface area contributed by atoms with Crippen LogP contribution in [0, 0.1) is 22.5 Å². The maximum atomic E-state index is 17.2. The van der Waals surface area contributed by atoms with Gasteiger partial charge in [0.15, 0.2) is 5.82 Å². The van der Waals surface area contributed by atoms with E-state index in [-0.39, 0.29) is 45.8 Å². The Morgan fingerprint density at radius 3 is 2.46 bits per heavy atom. The third kappa shape index (κ3) is 8.60. The number of carbonyl (C=O) groups excluding carboxylic acids is 1. The molecule has 3 aromatic carbocycles. The fraction of sp³-hybridized carbons (Fsp3) is 0.518. The molecule has 72 heavy (non-hydrogen) atoms. The first-order chi connectivity index (χ1) is 34.7. The molecule has 3 N–H and O–H groups in total. The molecule has 2 aliphatic carbocycles. The number of pyridine rings is 1. The van der Waals surface area contributed by atoms with Crippen molar-refractivity contribution in [2.45, 2.75) is 102 Å². The van der Waals surface area contributed by atoms with Crippen LogP contribution < -0.4 is 19.9 Å². The number of amides is 1. The summed E-state index contributed by atoms with van der Waals surface area (Å²) in [4.78, 5) is 36.8. The maximum absolute atomic E-state index is 17.2. The average molecular weight is 981 g/mol. The number of aromatic hydroxyl groups is 1. The summed E-state index contributed by atoms with van der Waals surface area (Å²) in [5.41, 5.74) is 4.02. The van der Waals surface area contributed by atoms with Gasteiger partial charge < -0.3 is 35.0 Å². The van der Waals surface area contributed by atoms with Crippen molar-refractivity contribution in [2.24, 2.45) is 17.9 Å². The van der Waals surface area contributed by atoms with Crippen LogP contribution in [-0.2, 0) is 18.3 Å². The molecule has 16 heteroatoms. The zero-order valence-electron chi connectivity index (χ0n) is 41.8. The summed E-state index contributed by atoms with van der Waals surface area (Å²) in [6, 6.07) is 13.3. The van der Waals surface area contributed by atoms with Crippen LogP contribution in [0.1, 0.15) is 95.2 Å². The second-order valence-corrected chi connectivity index (χ2v) is 22.6. The van der Waals surface area contributed by atoms with E-state index in [1.807, 2.05) is 23.6 Å². The number of ether oxygens (including phenoxy) is 1. The minimum atomic E-state index is -0.955. The number of nitrogens with zero attached hydrogens (tertiary/aromatic N) is 9. The average Bonchev–Trinajstić information content (AvgIpc) is 4.05. The van der Waals surface area contributed by atoms with E-state index in [2.05, 4.69) is 49.8 Å². The number of likely N-dealkylation sites (tertiary alicyclic amines) is 1. The molecule has 12 rings (SSSR count). The van der Waals surface area contributed by atoms with Crippen molar-refractivity contribution in [1.29, 1.82) is 0 Å². The van der Waals surface area contributed by atoms with Crippen molar-refractivity contribution < 1.29 is 28.5 Å². The van der Waals surface area contributed by atoms with Gasteiger partial charge in [0.05, 0.1) is 34.7 Å². The standard InChI is InChI=1S/C56H66F2N10O4/c1-5-39-44(57)12-8-35-25-38(69)27-42(46(35)39)49-47(58)50-43(30-59-49)51(68-18-6-13-54(3,71)31-68)62-53(61-50)72-33-56(14-15-56)32-65-19-16-55(17-20-65)28-37(29-55)67-23-21-66(22-24-67)36-9-11-40-45(26-36)64(4)63-48(40)41-10-7-34(2)60-52(41)70/h8-9,11-12,25-27,30,37,41,69,71H,2,5-7,10,13-24,28-29,31-33H2,1,3-4H3,(H,60,70)/t41?,54-/m1/s1. The Balaban J connectivity index is 0.686. The van der Waals surface area contributed by atoms with Crippen LogP contribution in [0.2, 0.25) is 0 Å². The molecule has 3 aromatic heterocycles. The lowest BCUT2D eigenvalue weighted by molar-refractivity contribution is -0.122. The number of anilines is 2. The molecule has 4 aliphatic heterocycles. The SMILES string of the molecule is C=C1CCC(c2nn(C)c3cc(N4CCN(C5CC6(CCN(CC7(COc8nc(N9CCC[C@@](C)(O)C9)c9cnc(-c%10cc(O)cc%11ccc(F)c(CC)c%10%11)c(F)c9n8)CC7)CC6)C5)CC4)ccc23)C(=O)N1. The van der Waals surface area contributed by atoms with Crippen LogP contribution in [0.5, 0.6) is 11.8 Å². The number of allylic oxidation sites excluding steroid dienone is 1. The molecule has 2 atom stereocenters. The fourth-order valence-electron chi connectivity index (χ4n) is 13.1. The smallest absolute Gasteiger partial charge is 0.319 e. The summed E-state index contributed by atoms with van der Waals surface area (Å²) >= 11 is 0. The summed E-state index contributed by atoms with van der Waals surface area (Å²) in [6.45, 7) is 16.1. The Labute approximate surface area is 419 Å². The maximum Gasteiger partial charge on any atom is 0.319 e. The van der Waals surface area contributed by atoms with Gasteiger partial charge in [-0.25, -0.2) is 8.78 Å². The third-order valence-corrected chi connectivity index (χ3v) is 17.4. The highest BCUT2D eigenvalue weighted by molar-refractivity contribution is 6.02. The molecular formula is C56H66F2N10O4. The summed E-state index contributed by atoms with van der Waals surface area (Å²) in [5.74, 6) is -0.999. The molecular weight excluding hydrogens is 915 g/mol. The lowest BCUT2D eigenvalue weighted by atomic mass is 9.60. The monoisotopic (exact) mass is 981 g/mol. The van der Waals surface area contributed by atoms with E-state index in [9.17, 15) is 15.0 Å². The first-order valence-electron chi connectivity index (χ1n) is 26.2. The number of β-amino-alcohol motifs (C(OH)–C–C–N with tert-alkyl or cyclic N) is 1. The zero-order valence-corrected chi connectivity index (χ0v) is 41.8. The van der Waals surface area contributed by atoms with Crippen LogP contribution in [0.3, 0.4) is 0 Å². The van der Waals surface area contributed by atoms with Crippen molar-refractivity contribution in [2.75, 3.05) is 75.3 Å². The molecule has 7 heterocycles. The van der Waals surface area contributed by atoms with Gasteiger partial charge in [-0.3, -0.25) is 19.4 Å². The van der Waals surface area contributed by atoms with E-state index in [0.717, 1.165) is 100 Å². The number of hydrogen-bond acceptors (Lipinski definition) is 12. The summed E-state index contributed by atoms with van der Waals surface area (Å²) in [5, 5.41) is 32.1. The van der Waals surface area contributed by atoms with Gasteiger partial charge in [-0.2, -0.15) is 15.1 Å². The molecule has 6 aromatic rings. The van der Waals surface area contributed by atoms with Crippen LogP contribution >= 0.6 is 0 Å². The molecule has 378 valence electrons. The number of piperazine rings is 1. The third-order valence-electron chi connectivity index (χ3n) is 17.4. The number of aliphatic hydroxyl groups is 1. The molecule has 0 radical (unpaired) electrons. The number of aromatic nitrogens is 5. The van der Waals surface area contributed by atoms with E-state index >= 15 is 8.78 Å². The zero-order chi connectivity index (χ0) is 49.7. The number of piperidine rings is 3. The van der Waals surface area contributed by atoms with Gasteiger partial charge in [-0.05, 0) is 149 Å². The number of fused-ring (bicyclic) bond motifs is 3. The van der Waals surface area contributed by atoms with Gasteiger partial charge in [0.1, 0.15) is 28.6 Å². The summed E-state index contributed by atoms with van der Waals surface area (Å²) < 4.78 is 40.8. The number of rotatable bonds is 11. The molecule has 6 fully saturated rings. The summed E-state index contributed by atoms with van der Waals surface area (Å²) in [7, 11) is 1.97. The van der Waals surface area contributed by atoms with E-state index in [0.29, 0.717) is 71.5 Å². The van der Waals surface area contributed by atoms with Crippen LogP contribution in [-0.4, -0.2) is 128 Å². The quantitative estimate of drug-likeness (QED) is 0.115. The number of nitrogens with one attached hydrogen (secondary N) is 1. The van der Waals surface area contributed by atoms with Crippen molar-refractivity contribution in [3.05, 3.63) is 83.8 Å². The highest BCUT2D eigenvalue weighted by atomic mass is 19.1. The molecule has 1 spiro atoms. The molecule has 1 amide bonds. The lowest BCUT2D eigenvalue weighted by Gasteiger charge is -2.56. The highest BCUT2D eigenvalue weighted by Crippen LogP contribution is 2.53. The van der Waals surface area contributed by atoms with E-state index in [4.69, 9.17) is 19.8 Å². The lowest BCUT2D eigenvalue weighted by Crippen LogP contribution is -2.59. The van der Waals surface area contributed by atoms with Crippen LogP contribution in [0.15, 0.2) is 60.9 Å². The largest absolute Gasteiger partial charge is 0.508 e. The molecule has 4 saturated heterocycles.